The number of carbonyl (C=O) groups is 1. The summed E-state index contributed by atoms with van der Waals surface area (Å²) in [6, 6.07) is 2.67. The number of carbonyl (C=O) groups excluding carboxylic acids is 1. The van der Waals surface area contributed by atoms with Crippen molar-refractivity contribution in [1.82, 2.24) is 15.5 Å². The zero-order valence-electron chi connectivity index (χ0n) is 13.2. The molecule has 0 spiro atoms. The Hall–Kier alpha value is -1.12. The Morgan fingerprint density at radius 3 is 2.80 bits per heavy atom. The monoisotopic (exact) mass is 280 g/mol. The van der Waals surface area contributed by atoms with Gasteiger partial charge in [0.1, 0.15) is 5.54 Å². The fraction of sp³-hybridized carbons (Fsp3) is 0.867. The van der Waals surface area contributed by atoms with Crippen LogP contribution >= 0.6 is 0 Å². The summed E-state index contributed by atoms with van der Waals surface area (Å²) in [5.74, 6) is 0.234. The average Bonchev–Trinajstić information content (AvgIpc) is 2.44. The van der Waals surface area contributed by atoms with Crippen LogP contribution in [-0.2, 0) is 4.79 Å². The van der Waals surface area contributed by atoms with Crippen molar-refractivity contribution in [1.29, 1.82) is 5.26 Å². The van der Waals surface area contributed by atoms with Crippen molar-refractivity contribution in [3.05, 3.63) is 0 Å². The van der Waals surface area contributed by atoms with E-state index in [0.717, 1.165) is 38.9 Å². The minimum Gasteiger partial charge on any atom is -0.359 e. The van der Waals surface area contributed by atoms with Crippen LogP contribution in [0.1, 0.15) is 40.0 Å². The zero-order chi connectivity index (χ0) is 15.2. The first kappa shape index (κ1) is 16.9. The fourth-order valence-corrected chi connectivity index (χ4v) is 2.86. The second-order valence-corrected chi connectivity index (χ2v) is 6.25. The van der Waals surface area contributed by atoms with Gasteiger partial charge in [-0.3, -0.25) is 10.1 Å². The van der Waals surface area contributed by atoms with Crippen molar-refractivity contribution >= 4 is 5.91 Å². The van der Waals surface area contributed by atoms with Crippen molar-refractivity contribution in [3.8, 4) is 6.07 Å². The molecule has 0 saturated carbocycles. The third kappa shape index (κ3) is 5.10. The predicted octanol–water partition coefficient (Wildman–Crippen LogP) is 1.11. The summed E-state index contributed by atoms with van der Waals surface area (Å²) in [5.41, 5.74) is -0.492. The van der Waals surface area contributed by atoms with Gasteiger partial charge in [0.05, 0.1) is 12.0 Å². The van der Waals surface area contributed by atoms with Crippen LogP contribution in [0, 0.1) is 17.2 Å². The molecule has 5 nitrogen and oxygen atoms in total. The SMILES string of the molecule is CNC(=O)C1CCCN(CCC(C)(C#N)NC(C)C)C1. The number of nitrogens with one attached hydrogen (secondary N) is 2. The van der Waals surface area contributed by atoms with E-state index in [9.17, 15) is 10.1 Å². The Kier molecular flexibility index (Phi) is 6.44. The number of hydrogen-bond donors (Lipinski definition) is 2. The van der Waals surface area contributed by atoms with Crippen molar-refractivity contribution in [3.63, 3.8) is 0 Å². The molecule has 114 valence electrons. The first-order valence-electron chi connectivity index (χ1n) is 7.53. The number of hydrogen-bond acceptors (Lipinski definition) is 4. The molecular formula is C15H28N4O. The lowest BCUT2D eigenvalue weighted by molar-refractivity contribution is -0.126. The maximum Gasteiger partial charge on any atom is 0.224 e. The topological polar surface area (TPSA) is 68.2 Å². The molecule has 1 amide bonds. The van der Waals surface area contributed by atoms with E-state index >= 15 is 0 Å². The molecule has 0 aromatic rings. The minimum absolute atomic E-state index is 0.0974. The van der Waals surface area contributed by atoms with Crippen molar-refractivity contribution in [2.75, 3.05) is 26.7 Å². The number of likely N-dealkylation sites (tertiary alicyclic amines) is 1. The number of piperidine rings is 1. The van der Waals surface area contributed by atoms with Crippen molar-refractivity contribution < 1.29 is 4.79 Å². The first-order chi connectivity index (χ1) is 9.40. The van der Waals surface area contributed by atoms with Gasteiger partial charge in [-0.25, -0.2) is 0 Å². The van der Waals surface area contributed by atoms with Gasteiger partial charge in [0.15, 0.2) is 0 Å². The van der Waals surface area contributed by atoms with E-state index in [1.54, 1.807) is 7.05 Å². The quantitative estimate of drug-likeness (QED) is 0.765. The van der Waals surface area contributed by atoms with Crippen LogP contribution in [0.5, 0.6) is 0 Å². The van der Waals surface area contributed by atoms with Crippen LogP contribution < -0.4 is 10.6 Å². The maximum absolute atomic E-state index is 11.7. The van der Waals surface area contributed by atoms with E-state index in [2.05, 4.69) is 35.5 Å². The third-order valence-electron chi connectivity index (χ3n) is 3.90. The molecule has 0 bridgehead atoms. The van der Waals surface area contributed by atoms with Gasteiger partial charge in [-0.05, 0) is 46.6 Å². The minimum atomic E-state index is -0.492. The van der Waals surface area contributed by atoms with Gasteiger partial charge in [-0.1, -0.05) is 0 Å². The largest absolute Gasteiger partial charge is 0.359 e. The summed E-state index contributed by atoms with van der Waals surface area (Å²) in [6.45, 7) is 8.75. The second kappa shape index (κ2) is 7.61. The summed E-state index contributed by atoms with van der Waals surface area (Å²) in [7, 11) is 1.70. The summed E-state index contributed by atoms with van der Waals surface area (Å²) in [6.07, 6.45) is 2.80. The van der Waals surface area contributed by atoms with E-state index in [0.29, 0.717) is 6.04 Å². The zero-order valence-corrected chi connectivity index (χ0v) is 13.2. The van der Waals surface area contributed by atoms with Gasteiger partial charge in [0.2, 0.25) is 5.91 Å². The lowest BCUT2D eigenvalue weighted by Gasteiger charge is -2.34. The molecule has 1 aliphatic heterocycles. The maximum atomic E-state index is 11.7. The lowest BCUT2D eigenvalue weighted by atomic mass is 9.94. The highest BCUT2D eigenvalue weighted by Gasteiger charge is 2.28. The summed E-state index contributed by atoms with van der Waals surface area (Å²) >= 11 is 0. The number of nitrogens with zero attached hydrogens (tertiary/aromatic N) is 2. The molecule has 1 saturated heterocycles. The van der Waals surface area contributed by atoms with E-state index < -0.39 is 5.54 Å². The Balaban J connectivity index is 2.48. The van der Waals surface area contributed by atoms with Gasteiger partial charge in [0, 0.05) is 26.2 Å². The van der Waals surface area contributed by atoms with Gasteiger partial charge in [-0.2, -0.15) is 5.26 Å². The Bertz CT molecular complexity index is 363. The molecule has 20 heavy (non-hydrogen) atoms. The van der Waals surface area contributed by atoms with Crippen LogP contribution in [0.2, 0.25) is 0 Å². The van der Waals surface area contributed by atoms with Gasteiger partial charge in [-0.15, -0.1) is 0 Å². The highest BCUT2D eigenvalue weighted by atomic mass is 16.1. The number of amides is 1. The molecule has 2 N–H and O–H groups in total. The molecule has 0 aliphatic carbocycles. The summed E-state index contributed by atoms with van der Waals surface area (Å²) in [4.78, 5) is 14.0. The molecule has 1 heterocycles. The molecule has 0 aromatic carbocycles. The Morgan fingerprint density at radius 1 is 1.55 bits per heavy atom. The van der Waals surface area contributed by atoms with Gasteiger partial charge >= 0.3 is 0 Å². The standard InChI is InChI=1S/C15H28N4O/c1-12(2)18-15(3,11-16)7-9-19-8-5-6-13(10-19)14(20)17-4/h12-13,18H,5-10H2,1-4H3,(H,17,20). The van der Waals surface area contributed by atoms with Crippen LogP contribution in [0.15, 0.2) is 0 Å². The van der Waals surface area contributed by atoms with Gasteiger partial charge < -0.3 is 10.2 Å². The van der Waals surface area contributed by atoms with E-state index in [1.807, 2.05) is 6.92 Å². The smallest absolute Gasteiger partial charge is 0.224 e. The molecule has 5 heteroatoms. The highest BCUT2D eigenvalue weighted by Crippen LogP contribution is 2.19. The number of rotatable bonds is 6. The molecule has 1 fully saturated rings. The predicted molar refractivity (Wildman–Crippen MR) is 80.1 cm³/mol. The van der Waals surface area contributed by atoms with Crippen molar-refractivity contribution in [2.24, 2.45) is 5.92 Å². The molecular weight excluding hydrogens is 252 g/mol. The lowest BCUT2D eigenvalue weighted by Crippen LogP contribution is -2.49. The van der Waals surface area contributed by atoms with Crippen molar-refractivity contribution in [2.45, 2.75) is 51.6 Å². The van der Waals surface area contributed by atoms with E-state index in [4.69, 9.17) is 0 Å². The molecule has 0 aromatic heterocycles. The molecule has 1 aliphatic rings. The Morgan fingerprint density at radius 2 is 2.25 bits per heavy atom. The average molecular weight is 280 g/mol. The second-order valence-electron chi connectivity index (χ2n) is 6.25. The third-order valence-corrected chi connectivity index (χ3v) is 3.90. The number of nitriles is 1. The van der Waals surface area contributed by atoms with Gasteiger partial charge in [0.25, 0.3) is 0 Å². The molecule has 0 radical (unpaired) electrons. The normalized spacial score (nSPS) is 23.1. The summed E-state index contributed by atoms with van der Waals surface area (Å²) < 4.78 is 0. The summed E-state index contributed by atoms with van der Waals surface area (Å²) in [5, 5.41) is 15.4. The molecule has 1 rings (SSSR count). The van der Waals surface area contributed by atoms with Crippen LogP contribution in [0.3, 0.4) is 0 Å². The molecule has 2 unspecified atom stereocenters. The van der Waals surface area contributed by atoms with Crippen LogP contribution in [0.25, 0.3) is 0 Å². The first-order valence-corrected chi connectivity index (χ1v) is 7.53. The van der Waals surface area contributed by atoms with E-state index in [1.165, 1.54) is 0 Å². The molecule has 2 atom stereocenters. The van der Waals surface area contributed by atoms with E-state index in [-0.39, 0.29) is 11.8 Å². The van der Waals surface area contributed by atoms with Crippen LogP contribution in [-0.4, -0.2) is 49.1 Å². The fourth-order valence-electron chi connectivity index (χ4n) is 2.86. The van der Waals surface area contributed by atoms with Crippen LogP contribution in [0.4, 0.5) is 0 Å². The highest BCUT2D eigenvalue weighted by molar-refractivity contribution is 5.78. The Labute approximate surface area is 122 Å².